The summed E-state index contributed by atoms with van der Waals surface area (Å²) in [6, 6.07) is 0. The van der Waals surface area contributed by atoms with Crippen molar-refractivity contribution in [3.05, 3.63) is 0 Å². The van der Waals surface area contributed by atoms with Crippen LogP contribution in [0.4, 0.5) is 57.1 Å². The van der Waals surface area contributed by atoms with Crippen LogP contribution in [0.25, 0.3) is 0 Å². The molecule has 15 heteroatoms. The fraction of sp³-hybridized carbons (Fsp3) is 0.957. The van der Waals surface area contributed by atoms with Crippen LogP contribution in [0.1, 0.15) is 80.6 Å². The van der Waals surface area contributed by atoms with Crippen LogP contribution in [0.15, 0.2) is 0 Å². The van der Waals surface area contributed by atoms with E-state index in [4.69, 9.17) is 0 Å². The second kappa shape index (κ2) is 10.9. The van der Waals surface area contributed by atoms with E-state index in [-0.39, 0.29) is 19.3 Å². The maximum absolute atomic E-state index is 14.3. The Morgan fingerprint density at radius 3 is 1.29 bits per heavy atom. The lowest BCUT2D eigenvalue weighted by molar-refractivity contribution is -0.462. The topological polar surface area (TPSA) is 26.3 Å². The van der Waals surface area contributed by atoms with Gasteiger partial charge >= 0.3 is 36.3 Å². The fourth-order valence-electron chi connectivity index (χ4n) is 4.50. The molecule has 0 aromatic rings. The average Bonchev–Trinajstić information content (AvgIpc) is 2.72. The molecule has 0 spiro atoms. The quantitative estimate of drug-likeness (QED) is 0.168. The van der Waals surface area contributed by atoms with Crippen LogP contribution < -0.4 is 0 Å². The van der Waals surface area contributed by atoms with Crippen LogP contribution in [0.3, 0.4) is 0 Å². The Hall–Kier alpha value is -1.44. The van der Waals surface area contributed by atoms with E-state index in [0.717, 1.165) is 0 Å². The van der Waals surface area contributed by atoms with E-state index < -0.39 is 71.0 Å². The zero-order valence-corrected chi connectivity index (χ0v) is 22.0. The van der Waals surface area contributed by atoms with Gasteiger partial charge in [0.2, 0.25) is 5.41 Å². The highest BCUT2D eigenvalue weighted by molar-refractivity contribution is 5.77. The summed E-state index contributed by atoms with van der Waals surface area (Å²) < 4.78 is 179. The Morgan fingerprint density at radius 2 is 1.00 bits per heavy atom. The number of esters is 1. The minimum absolute atomic E-state index is 0.0144. The number of halogens is 13. The van der Waals surface area contributed by atoms with Gasteiger partial charge in [0.25, 0.3) is 0 Å². The lowest BCUT2D eigenvalue weighted by Gasteiger charge is -2.48. The monoisotopic (exact) mass is 588 g/mol. The van der Waals surface area contributed by atoms with Gasteiger partial charge in [-0.1, -0.05) is 48.0 Å². The molecule has 0 aromatic heterocycles. The first-order chi connectivity index (χ1) is 16.5. The van der Waals surface area contributed by atoms with Gasteiger partial charge in [0.05, 0.1) is 12.0 Å². The number of ether oxygens (including phenoxy) is 1. The minimum Gasteiger partial charge on any atom is -0.465 e. The first-order valence-electron chi connectivity index (χ1n) is 11.6. The third kappa shape index (κ3) is 6.00. The molecule has 1 atom stereocenters. The van der Waals surface area contributed by atoms with E-state index in [1.165, 1.54) is 6.92 Å². The van der Waals surface area contributed by atoms with Gasteiger partial charge in [-0.3, -0.25) is 4.79 Å². The molecule has 0 aliphatic carbocycles. The number of carbonyl (C=O) groups excluding carboxylic acids is 1. The van der Waals surface area contributed by atoms with Crippen LogP contribution >= 0.6 is 0 Å². The highest BCUT2D eigenvalue weighted by atomic mass is 19.4. The first kappa shape index (κ1) is 36.6. The summed E-state index contributed by atoms with van der Waals surface area (Å²) >= 11 is 0. The summed E-state index contributed by atoms with van der Waals surface area (Å²) in [5.41, 5.74) is -10.1. The molecule has 0 heterocycles. The predicted molar refractivity (Wildman–Crippen MR) is 112 cm³/mol. The summed E-state index contributed by atoms with van der Waals surface area (Å²) in [6.45, 7) is 9.21. The van der Waals surface area contributed by atoms with Crippen molar-refractivity contribution in [1.29, 1.82) is 0 Å². The first-order valence-corrected chi connectivity index (χ1v) is 11.6. The molecule has 0 radical (unpaired) electrons. The smallest absolute Gasteiger partial charge is 0.459 e. The summed E-state index contributed by atoms with van der Waals surface area (Å²) in [5.74, 6) is -16.9. The van der Waals surface area contributed by atoms with E-state index >= 15 is 0 Å². The van der Waals surface area contributed by atoms with Gasteiger partial charge in [-0.25, -0.2) is 0 Å². The van der Waals surface area contributed by atoms with Gasteiger partial charge in [0.1, 0.15) is 0 Å². The van der Waals surface area contributed by atoms with Crippen molar-refractivity contribution in [3.8, 4) is 0 Å². The summed E-state index contributed by atoms with van der Waals surface area (Å²) in [5, 5.41) is 0. The molecular weight excluding hydrogens is 555 g/mol. The standard InChI is InChI=1S/C23H33F13O2/c1-8-15(4,5)13-17(7,16(6,9-2)10-3)14(37)38-12-11-18(21(28,29)30,22(31,32)33)19(24,25)20(26,27)23(34,35)36/h8-13H2,1-7H3. The van der Waals surface area contributed by atoms with Gasteiger partial charge in [0.15, 0.2) is 0 Å². The largest absolute Gasteiger partial charge is 0.465 e. The van der Waals surface area contributed by atoms with Crippen molar-refractivity contribution in [2.75, 3.05) is 6.61 Å². The number of hydrogen-bond donors (Lipinski definition) is 0. The zero-order chi connectivity index (χ0) is 31.0. The molecule has 0 rings (SSSR count). The van der Waals surface area contributed by atoms with E-state index in [0.29, 0.717) is 6.42 Å². The molecule has 2 nitrogen and oxygen atoms in total. The van der Waals surface area contributed by atoms with Crippen molar-refractivity contribution in [2.24, 2.45) is 21.7 Å². The highest BCUT2D eigenvalue weighted by Gasteiger charge is 2.91. The molecule has 0 bridgehead atoms. The van der Waals surface area contributed by atoms with E-state index in [1.54, 1.807) is 41.5 Å². The van der Waals surface area contributed by atoms with Crippen molar-refractivity contribution >= 4 is 5.97 Å². The highest BCUT2D eigenvalue weighted by Crippen LogP contribution is 2.67. The van der Waals surface area contributed by atoms with Gasteiger partial charge in [-0.2, -0.15) is 57.1 Å². The van der Waals surface area contributed by atoms with Crippen molar-refractivity contribution in [3.63, 3.8) is 0 Å². The number of hydrogen-bond acceptors (Lipinski definition) is 2. The van der Waals surface area contributed by atoms with Crippen molar-refractivity contribution in [1.82, 2.24) is 0 Å². The Labute approximate surface area is 212 Å². The van der Waals surface area contributed by atoms with Crippen molar-refractivity contribution < 1.29 is 66.6 Å². The molecular formula is C23H33F13O2. The van der Waals surface area contributed by atoms with Gasteiger partial charge in [-0.15, -0.1) is 0 Å². The van der Waals surface area contributed by atoms with Crippen LogP contribution in [0.2, 0.25) is 0 Å². The predicted octanol–water partition coefficient (Wildman–Crippen LogP) is 9.52. The Morgan fingerprint density at radius 1 is 0.605 bits per heavy atom. The van der Waals surface area contributed by atoms with Crippen LogP contribution in [-0.2, 0) is 9.53 Å². The van der Waals surface area contributed by atoms with Crippen LogP contribution in [0, 0.1) is 21.7 Å². The molecule has 38 heavy (non-hydrogen) atoms. The van der Waals surface area contributed by atoms with Gasteiger partial charge in [-0.05, 0) is 37.0 Å². The van der Waals surface area contributed by atoms with Crippen LogP contribution in [0.5, 0.6) is 0 Å². The van der Waals surface area contributed by atoms with E-state index in [9.17, 15) is 61.9 Å². The number of alkyl halides is 13. The van der Waals surface area contributed by atoms with Gasteiger partial charge < -0.3 is 4.74 Å². The van der Waals surface area contributed by atoms with E-state index in [2.05, 4.69) is 4.74 Å². The molecule has 1 unspecified atom stereocenters. The second-order valence-corrected chi connectivity index (χ2v) is 10.7. The maximum Gasteiger partial charge on any atom is 0.459 e. The molecule has 0 saturated heterocycles. The van der Waals surface area contributed by atoms with Crippen molar-refractivity contribution in [2.45, 2.75) is 111 Å². The van der Waals surface area contributed by atoms with E-state index in [1.807, 2.05) is 0 Å². The third-order valence-corrected chi connectivity index (χ3v) is 8.10. The zero-order valence-electron chi connectivity index (χ0n) is 22.0. The normalized spacial score (nSPS) is 16.8. The van der Waals surface area contributed by atoms with Crippen LogP contribution in [-0.4, -0.2) is 43.0 Å². The Kier molecular flexibility index (Phi) is 10.4. The summed E-state index contributed by atoms with van der Waals surface area (Å²) in [6.07, 6.45) is -24.3. The molecule has 0 aliphatic rings. The molecule has 0 amide bonds. The Bertz CT molecular complexity index is 792. The minimum atomic E-state index is -7.75. The second-order valence-electron chi connectivity index (χ2n) is 10.7. The SMILES string of the molecule is CCC(C)(C)CC(C)(C(=O)OCCC(C(F)(F)F)(C(F)(F)F)C(F)(F)C(F)(F)C(F)(F)F)C(C)(CC)CC. The molecule has 0 aromatic carbocycles. The third-order valence-electron chi connectivity index (χ3n) is 8.10. The molecule has 0 fully saturated rings. The lowest BCUT2D eigenvalue weighted by atomic mass is 9.57. The lowest BCUT2D eigenvalue weighted by Crippen LogP contribution is -2.70. The molecule has 0 N–H and O–H groups in total. The maximum atomic E-state index is 14.3. The summed E-state index contributed by atoms with van der Waals surface area (Å²) in [7, 11) is 0. The summed E-state index contributed by atoms with van der Waals surface area (Å²) in [4.78, 5) is 13.1. The number of carbonyl (C=O) groups is 1. The average molecular weight is 588 g/mol. The molecule has 228 valence electrons. The molecule has 0 saturated carbocycles. The Balaban J connectivity index is 6.76. The fourth-order valence-corrected chi connectivity index (χ4v) is 4.50. The van der Waals surface area contributed by atoms with Gasteiger partial charge in [0, 0.05) is 6.42 Å². The molecule has 0 aliphatic heterocycles. The number of rotatable bonds is 12.